The third-order valence-corrected chi connectivity index (χ3v) is 3.10. The number of aliphatic hydroxyl groups excluding tert-OH is 1. The van der Waals surface area contributed by atoms with Crippen molar-refractivity contribution in [2.24, 2.45) is 0 Å². The van der Waals surface area contributed by atoms with Crippen LogP contribution < -0.4 is 10.6 Å². The summed E-state index contributed by atoms with van der Waals surface area (Å²) in [6, 6.07) is 7.41. The first-order valence-electron chi connectivity index (χ1n) is 6.01. The molecule has 0 aliphatic heterocycles. The second-order valence-corrected chi connectivity index (χ2v) is 4.49. The summed E-state index contributed by atoms with van der Waals surface area (Å²) in [4.78, 5) is 11.7. The maximum absolute atomic E-state index is 11.7. The van der Waals surface area contributed by atoms with Crippen LogP contribution in [0.2, 0.25) is 0 Å². The van der Waals surface area contributed by atoms with Gasteiger partial charge in [-0.3, -0.25) is 0 Å². The normalized spacial score (nSPS) is 17.1. The molecule has 1 unspecified atom stereocenters. The van der Waals surface area contributed by atoms with Crippen LogP contribution in [0.15, 0.2) is 24.3 Å². The highest BCUT2D eigenvalue weighted by Gasteiger charge is 2.19. The van der Waals surface area contributed by atoms with E-state index in [4.69, 9.17) is 0 Å². The Morgan fingerprint density at radius 1 is 1.41 bits per heavy atom. The molecule has 3 N–H and O–H groups in total. The molecule has 2 amide bonds. The summed E-state index contributed by atoms with van der Waals surface area (Å²) in [5, 5.41) is 15.3. The molecule has 1 fully saturated rings. The Balaban J connectivity index is 1.99. The lowest BCUT2D eigenvalue weighted by atomic mass is 9.93. The molecule has 0 saturated heterocycles. The van der Waals surface area contributed by atoms with Gasteiger partial charge in [0.25, 0.3) is 0 Å². The maximum Gasteiger partial charge on any atom is 0.319 e. The molecule has 1 aromatic rings. The first kappa shape index (κ1) is 11.9. The monoisotopic (exact) mass is 234 g/mol. The van der Waals surface area contributed by atoms with Crippen LogP contribution >= 0.6 is 0 Å². The number of carbonyl (C=O) groups excluding carboxylic acids is 1. The molecule has 1 aromatic carbocycles. The summed E-state index contributed by atoms with van der Waals surface area (Å²) in [6.07, 6.45) is 2.72. The molecule has 1 aliphatic carbocycles. The van der Waals surface area contributed by atoms with Crippen LogP contribution in [0.1, 0.15) is 37.9 Å². The molecular weight excluding hydrogens is 216 g/mol. The highest BCUT2D eigenvalue weighted by atomic mass is 16.3. The number of benzene rings is 1. The minimum atomic E-state index is -0.588. The zero-order chi connectivity index (χ0) is 12.3. The fourth-order valence-electron chi connectivity index (χ4n) is 1.87. The predicted molar refractivity (Wildman–Crippen MR) is 66.9 cm³/mol. The highest BCUT2D eigenvalue weighted by molar-refractivity contribution is 5.90. The van der Waals surface area contributed by atoms with Crippen molar-refractivity contribution in [1.82, 2.24) is 5.32 Å². The van der Waals surface area contributed by atoms with Gasteiger partial charge in [0.2, 0.25) is 0 Å². The number of carbonyl (C=O) groups is 1. The van der Waals surface area contributed by atoms with Crippen LogP contribution in [-0.2, 0) is 0 Å². The molecule has 4 heteroatoms. The molecule has 2 rings (SSSR count). The Morgan fingerprint density at radius 3 is 2.71 bits per heavy atom. The lowest BCUT2D eigenvalue weighted by molar-refractivity contribution is 0.200. The lowest BCUT2D eigenvalue weighted by Gasteiger charge is -2.26. The number of aliphatic hydroxyl groups is 1. The summed E-state index contributed by atoms with van der Waals surface area (Å²) in [5.41, 5.74) is 1.40. The Hall–Kier alpha value is -1.55. The average molecular weight is 234 g/mol. The van der Waals surface area contributed by atoms with Gasteiger partial charge in [0, 0.05) is 17.3 Å². The number of urea groups is 1. The Labute approximate surface area is 101 Å². The van der Waals surface area contributed by atoms with E-state index >= 15 is 0 Å². The van der Waals surface area contributed by atoms with E-state index in [1.807, 2.05) is 18.2 Å². The molecule has 0 radical (unpaired) electrons. The molecule has 1 saturated carbocycles. The smallest absolute Gasteiger partial charge is 0.319 e. The molecule has 0 bridgehead atoms. The Bertz CT molecular complexity index is 400. The molecule has 17 heavy (non-hydrogen) atoms. The van der Waals surface area contributed by atoms with Crippen LogP contribution in [0.5, 0.6) is 0 Å². The number of hydrogen-bond donors (Lipinski definition) is 3. The summed E-state index contributed by atoms with van der Waals surface area (Å²) in [7, 11) is 0. The summed E-state index contributed by atoms with van der Waals surface area (Å²) < 4.78 is 0. The van der Waals surface area contributed by atoms with E-state index in [1.54, 1.807) is 13.0 Å². The van der Waals surface area contributed by atoms with Crippen LogP contribution in [-0.4, -0.2) is 17.2 Å². The quantitative estimate of drug-likeness (QED) is 0.752. The SMILES string of the molecule is CC(O)c1ccccc1NC(=O)NC1CCC1. The first-order chi connectivity index (χ1) is 8.16. The molecule has 92 valence electrons. The lowest BCUT2D eigenvalue weighted by Crippen LogP contribution is -2.42. The number of amides is 2. The number of rotatable bonds is 3. The average Bonchev–Trinajstić information content (AvgIpc) is 2.24. The molecule has 1 atom stereocenters. The van der Waals surface area contributed by atoms with Gasteiger partial charge in [-0.2, -0.15) is 0 Å². The van der Waals surface area contributed by atoms with Gasteiger partial charge in [0.05, 0.1) is 6.10 Å². The van der Waals surface area contributed by atoms with Crippen LogP contribution in [0.4, 0.5) is 10.5 Å². The van der Waals surface area contributed by atoms with Crippen molar-refractivity contribution in [3.8, 4) is 0 Å². The van der Waals surface area contributed by atoms with E-state index in [0.29, 0.717) is 11.7 Å². The van der Waals surface area contributed by atoms with Crippen molar-refractivity contribution < 1.29 is 9.90 Å². The highest BCUT2D eigenvalue weighted by Crippen LogP contribution is 2.22. The standard InChI is InChI=1S/C13H18N2O2/c1-9(16)11-7-2-3-8-12(11)15-13(17)14-10-5-4-6-10/h2-3,7-10,16H,4-6H2,1H3,(H2,14,15,17). The molecule has 0 aromatic heterocycles. The van der Waals surface area contributed by atoms with Crippen molar-refractivity contribution >= 4 is 11.7 Å². The number of hydrogen-bond acceptors (Lipinski definition) is 2. The molecular formula is C13H18N2O2. The number of nitrogens with one attached hydrogen (secondary N) is 2. The summed E-state index contributed by atoms with van der Waals surface area (Å²) in [5.74, 6) is 0. The van der Waals surface area contributed by atoms with E-state index in [1.165, 1.54) is 6.42 Å². The minimum absolute atomic E-state index is 0.192. The summed E-state index contributed by atoms with van der Waals surface area (Å²) >= 11 is 0. The van der Waals surface area contributed by atoms with Crippen molar-refractivity contribution in [3.63, 3.8) is 0 Å². The zero-order valence-electron chi connectivity index (χ0n) is 9.94. The van der Waals surface area contributed by atoms with E-state index in [0.717, 1.165) is 18.4 Å². The van der Waals surface area contributed by atoms with Gasteiger partial charge in [0.1, 0.15) is 0 Å². The van der Waals surface area contributed by atoms with Crippen molar-refractivity contribution in [3.05, 3.63) is 29.8 Å². The fraction of sp³-hybridized carbons (Fsp3) is 0.462. The Kier molecular flexibility index (Phi) is 3.64. The van der Waals surface area contributed by atoms with Gasteiger partial charge in [-0.1, -0.05) is 18.2 Å². The van der Waals surface area contributed by atoms with Gasteiger partial charge in [0.15, 0.2) is 0 Å². The molecule has 0 spiro atoms. The topological polar surface area (TPSA) is 61.4 Å². The largest absolute Gasteiger partial charge is 0.389 e. The second kappa shape index (κ2) is 5.19. The molecule has 0 heterocycles. The van der Waals surface area contributed by atoms with Crippen LogP contribution in [0.3, 0.4) is 0 Å². The van der Waals surface area contributed by atoms with E-state index < -0.39 is 6.10 Å². The maximum atomic E-state index is 11.7. The van der Waals surface area contributed by atoms with Crippen LogP contribution in [0.25, 0.3) is 0 Å². The van der Waals surface area contributed by atoms with Crippen molar-refractivity contribution in [2.75, 3.05) is 5.32 Å². The minimum Gasteiger partial charge on any atom is -0.389 e. The van der Waals surface area contributed by atoms with Crippen molar-refractivity contribution in [2.45, 2.75) is 38.3 Å². The van der Waals surface area contributed by atoms with Crippen molar-refractivity contribution in [1.29, 1.82) is 0 Å². The summed E-state index contributed by atoms with van der Waals surface area (Å²) in [6.45, 7) is 1.68. The van der Waals surface area contributed by atoms with Gasteiger partial charge in [-0.15, -0.1) is 0 Å². The third-order valence-electron chi connectivity index (χ3n) is 3.10. The van der Waals surface area contributed by atoms with Gasteiger partial charge < -0.3 is 15.7 Å². The van der Waals surface area contributed by atoms with Gasteiger partial charge in [-0.25, -0.2) is 4.79 Å². The fourth-order valence-corrected chi connectivity index (χ4v) is 1.87. The second-order valence-electron chi connectivity index (χ2n) is 4.49. The van der Waals surface area contributed by atoms with Gasteiger partial charge in [-0.05, 0) is 32.3 Å². The Morgan fingerprint density at radius 2 is 2.12 bits per heavy atom. The van der Waals surface area contributed by atoms with E-state index in [2.05, 4.69) is 10.6 Å². The van der Waals surface area contributed by atoms with Crippen LogP contribution in [0, 0.1) is 0 Å². The van der Waals surface area contributed by atoms with E-state index in [9.17, 15) is 9.90 Å². The zero-order valence-corrected chi connectivity index (χ0v) is 9.94. The third kappa shape index (κ3) is 2.97. The number of para-hydroxylation sites is 1. The van der Waals surface area contributed by atoms with Gasteiger partial charge >= 0.3 is 6.03 Å². The first-order valence-corrected chi connectivity index (χ1v) is 6.01. The van der Waals surface area contributed by atoms with E-state index in [-0.39, 0.29) is 6.03 Å². The molecule has 1 aliphatic rings. The number of anilines is 1. The molecule has 4 nitrogen and oxygen atoms in total. The predicted octanol–water partition coefficient (Wildman–Crippen LogP) is 2.41.